The van der Waals surface area contributed by atoms with Crippen molar-refractivity contribution in [2.24, 2.45) is 5.92 Å². The molecule has 0 fully saturated rings. The summed E-state index contributed by atoms with van der Waals surface area (Å²) in [5, 5.41) is 16.9. The molecule has 0 aromatic heterocycles. The number of esters is 1. The number of ether oxygens (including phenoxy) is 4. The number of aliphatic hydroxyl groups excluding tert-OH is 1. The molecular weight excluding hydrogens is 676 g/mol. The summed E-state index contributed by atoms with van der Waals surface area (Å²) in [7, 11) is -3.68. The van der Waals surface area contributed by atoms with E-state index in [0.29, 0.717) is 6.61 Å². The van der Waals surface area contributed by atoms with Gasteiger partial charge in [-0.3, -0.25) is 9.59 Å². The lowest BCUT2D eigenvalue weighted by atomic mass is 9.94. The summed E-state index contributed by atoms with van der Waals surface area (Å²) in [5.41, 5.74) is 1.79. The van der Waals surface area contributed by atoms with Crippen LogP contribution in [0.1, 0.15) is 38.8 Å². The van der Waals surface area contributed by atoms with Gasteiger partial charge in [0.15, 0.2) is 9.84 Å². The van der Waals surface area contributed by atoms with Crippen LogP contribution in [0.5, 0.6) is 0 Å². The molecular formula is C38H48N2O10S. The van der Waals surface area contributed by atoms with Gasteiger partial charge >= 0.3 is 5.97 Å². The third-order valence-corrected chi connectivity index (χ3v) is 9.55. The van der Waals surface area contributed by atoms with E-state index in [0.717, 1.165) is 11.1 Å². The third-order valence-electron chi connectivity index (χ3n) is 7.85. The number of carbonyl (C=O) groups is 3. The van der Waals surface area contributed by atoms with Crippen molar-refractivity contribution in [2.45, 2.75) is 76.2 Å². The highest BCUT2D eigenvalue weighted by atomic mass is 32.2. The Morgan fingerprint density at radius 1 is 0.804 bits per heavy atom. The maximum Gasteiger partial charge on any atom is 0.328 e. The summed E-state index contributed by atoms with van der Waals surface area (Å²) in [6.45, 7) is 9.98. The van der Waals surface area contributed by atoms with Gasteiger partial charge in [0.2, 0.25) is 11.8 Å². The van der Waals surface area contributed by atoms with Crippen molar-refractivity contribution < 1.29 is 46.9 Å². The number of amides is 2. The number of sulfone groups is 1. The zero-order valence-electron chi connectivity index (χ0n) is 29.4. The van der Waals surface area contributed by atoms with E-state index in [1.165, 1.54) is 32.9 Å². The molecule has 12 nitrogen and oxygen atoms in total. The molecule has 0 saturated carbocycles. The fourth-order valence-corrected chi connectivity index (χ4v) is 6.04. The van der Waals surface area contributed by atoms with Gasteiger partial charge in [0.1, 0.15) is 43.3 Å². The molecule has 3 N–H and O–H groups in total. The Morgan fingerprint density at radius 2 is 1.35 bits per heavy atom. The van der Waals surface area contributed by atoms with Crippen molar-refractivity contribution in [3.8, 4) is 0 Å². The predicted octanol–water partition coefficient (Wildman–Crippen LogP) is 3.73. The fraction of sp³-hybridized carbons (Fsp3) is 0.395. The molecule has 3 aromatic carbocycles. The Kier molecular flexibility index (Phi) is 16.3. The normalized spacial score (nSPS) is 14.9. The molecule has 13 heteroatoms. The van der Waals surface area contributed by atoms with Gasteiger partial charge in [-0.15, -0.1) is 0 Å². The summed E-state index contributed by atoms with van der Waals surface area (Å²) in [6.07, 6.45) is -3.80. The van der Waals surface area contributed by atoms with Crippen LogP contribution < -0.4 is 10.6 Å². The second-order valence-electron chi connectivity index (χ2n) is 12.2. The first-order chi connectivity index (χ1) is 24.3. The Labute approximate surface area is 300 Å². The van der Waals surface area contributed by atoms with Gasteiger partial charge in [-0.25, -0.2) is 13.2 Å². The molecule has 0 radical (unpaired) electrons. The van der Waals surface area contributed by atoms with Gasteiger partial charge in [-0.2, -0.15) is 0 Å². The van der Waals surface area contributed by atoms with Gasteiger partial charge in [0.05, 0.1) is 30.0 Å². The molecule has 51 heavy (non-hydrogen) atoms. The molecule has 2 amide bonds. The molecule has 2 unspecified atom stereocenters. The number of carbonyl (C=O) groups excluding carboxylic acids is 3. The molecule has 0 spiro atoms. The fourth-order valence-electron chi connectivity index (χ4n) is 4.93. The van der Waals surface area contributed by atoms with Crippen LogP contribution in [0.25, 0.3) is 0 Å². The standard InChI is InChI=1S/C38H48N2O10S/c1-26(23-47-24-31-15-9-6-10-16-31)35(42)36(34(40-30(5)41)28(3)49-25-32-17-11-7-12-18-32)50-29(4)37(43)39-27(2)38(44)48-21-22-51(45,46)33-19-13-8-14-20-33/h6-20,26-27,29,34-36,42H,3,21-25H2,1-2,4-5H3,(H,39,43)(H,40,41)/t26?,27-,29+,34?,35+,36+/m0/s1. The van der Waals surface area contributed by atoms with Crippen LogP contribution >= 0.6 is 0 Å². The molecule has 3 rings (SSSR count). The highest BCUT2D eigenvalue weighted by molar-refractivity contribution is 7.91. The van der Waals surface area contributed by atoms with Crippen molar-refractivity contribution in [3.05, 3.63) is 114 Å². The molecule has 0 aliphatic carbocycles. The number of hydrogen-bond acceptors (Lipinski definition) is 10. The Morgan fingerprint density at radius 3 is 1.92 bits per heavy atom. The molecule has 6 atom stereocenters. The molecule has 0 heterocycles. The van der Waals surface area contributed by atoms with Crippen molar-refractivity contribution >= 4 is 27.6 Å². The average Bonchev–Trinajstić information content (AvgIpc) is 3.12. The van der Waals surface area contributed by atoms with Gasteiger partial charge in [-0.05, 0) is 37.1 Å². The zero-order valence-corrected chi connectivity index (χ0v) is 30.2. The van der Waals surface area contributed by atoms with Gasteiger partial charge in [0, 0.05) is 12.8 Å². The minimum atomic E-state index is -3.68. The van der Waals surface area contributed by atoms with Crippen molar-refractivity contribution in [3.63, 3.8) is 0 Å². The van der Waals surface area contributed by atoms with Crippen LogP contribution in [0.15, 0.2) is 108 Å². The second-order valence-corrected chi connectivity index (χ2v) is 14.3. The largest absolute Gasteiger partial charge is 0.492 e. The molecule has 0 aliphatic rings. The van der Waals surface area contributed by atoms with Crippen LogP contribution in [0, 0.1) is 5.92 Å². The van der Waals surface area contributed by atoms with E-state index in [2.05, 4.69) is 17.2 Å². The van der Waals surface area contributed by atoms with Crippen molar-refractivity contribution in [2.75, 3.05) is 19.0 Å². The first-order valence-electron chi connectivity index (χ1n) is 16.6. The van der Waals surface area contributed by atoms with Crippen molar-refractivity contribution in [1.29, 1.82) is 0 Å². The SMILES string of the molecule is C=C(OCc1ccccc1)C(NC(C)=O)[C@@H](O[C@H](C)C(=O)N[C@@H](C)C(=O)OCCS(=O)(=O)c1ccccc1)[C@H](O)C(C)COCc1ccccc1. The van der Waals surface area contributed by atoms with Crippen LogP contribution in [0.2, 0.25) is 0 Å². The maximum absolute atomic E-state index is 13.3. The minimum absolute atomic E-state index is 0.0884. The van der Waals surface area contributed by atoms with Gasteiger partial charge < -0.3 is 34.7 Å². The lowest BCUT2D eigenvalue weighted by Crippen LogP contribution is -2.55. The van der Waals surface area contributed by atoms with E-state index in [1.54, 1.807) is 25.1 Å². The number of aliphatic hydroxyl groups is 1. The van der Waals surface area contributed by atoms with E-state index >= 15 is 0 Å². The maximum atomic E-state index is 13.3. The Bertz CT molecular complexity index is 1660. The predicted molar refractivity (Wildman–Crippen MR) is 191 cm³/mol. The number of nitrogens with one attached hydrogen (secondary N) is 2. The highest BCUT2D eigenvalue weighted by Crippen LogP contribution is 2.22. The molecule has 0 bridgehead atoms. The van der Waals surface area contributed by atoms with Crippen LogP contribution in [0.4, 0.5) is 0 Å². The van der Waals surface area contributed by atoms with E-state index in [1.807, 2.05) is 60.7 Å². The molecule has 276 valence electrons. The number of hydrogen-bond donors (Lipinski definition) is 3. The average molecular weight is 725 g/mol. The van der Waals surface area contributed by atoms with Crippen LogP contribution in [-0.4, -0.2) is 80.7 Å². The van der Waals surface area contributed by atoms with Gasteiger partial charge in [0.25, 0.3) is 0 Å². The first kappa shape index (κ1) is 40.9. The lowest BCUT2D eigenvalue weighted by Gasteiger charge is -2.36. The van der Waals surface area contributed by atoms with E-state index < -0.39 is 76.3 Å². The van der Waals surface area contributed by atoms with Gasteiger partial charge in [-0.1, -0.05) is 92.4 Å². The van der Waals surface area contributed by atoms with E-state index in [9.17, 15) is 27.9 Å². The summed E-state index contributed by atoms with van der Waals surface area (Å²) >= 11 is 0. The zero-order chi connectivity index (χ0) is 37.4. The smallest absolute Gasteiger partial charge is 0.328 e. The second kappa shape index (κ2) is 20.3. The first-order valence-corrected chi connectivity index (χ1v) is 18.3. The topological polar surface area (TPSA) is 167 Å². The highest BCUT2D eigenvalue weighted by Gasteiger charge is 2.38. The van der Waals surface area contributed by atoms with Crippen molar-refractivity contribution in [1.82, 2.24) is 10.6 Å². The summed E-state index contributed by atoms with van der Waals surface area (Å²) in [6, 6.07) is 24.3. The minimum Gasteiger partial charge on any atom is -0.492 e. The Balaban J connectivity index is 1.69. The summed E-state index contributed by atoms with van der Waals surface area (Å²) in [5.74, 6) is -2.92. The van der Waals surface area contributed by atoms with E-state index in [4.69, 9.17) is 18.9 Å². The molecule has 3 aromatic rings. The summed E-state index contributed by atoms with van der Waals surface area (Å²) < 4.78 is 48.1. The third kappa shape index (κ3) is 13.6. The van der Waals surface area contributed by atoms with Crippen LogP contribution in [-0.2, 0) is 56.4 Å². The summed E-state index contributed by atoms with van der Waals surface area (Å²) in [4.78, 5) is 38.4. The van der Waals surface area contributed by atoms with E-state index in [-0.39, 0.29) is 23.9 Å². The molecule has 0 aliphatic heterocycles. The Hall–Kier alpha value is -4.56. The monoisotopic (exact) mass is 724 g/mol. The quantitative estimate of drug-likeness (QED) is 0.109. The number of benzene rings is 3. The van der Waals surface area contributed by atoms with Crippen LogP contribution in [0.3, 0.4) is 0 Å². The number of rotatable bonds is 21. The lowest BCUT2D eigenvalue weighted by molar-refractivity contribution is -0.154. The molecule has 0 saturated heterocycles.